The smallest absolute Gasteiger partial charge is 0.234 e. The third-order valence-electron chi connectivity index (χ3n) is 3.55. The number of amides is 1. The topological polar surface area (TPSA) is 65.5 Å². The van der Waals surface area contributed by atoms with E-state index in [1.807, 2.05) is 6.07 Å². The first-order valence-corrected chi connectivity index (χ1v) is 7.28. The Bertz CT molecular complexity index is 842. The van der Waals surface area contributed by atoms with Gasteiger partial charge in [-0.15, -0.1) is 0 Å². The highest BCUT2D eigenvalue weighted by Crippen LogP contribution is 2.16. The van der Waals surface area contributed by atoms with Gasteiger partial charge in [0.1, 0.15) is 5.78 Å². The Kier molecular flexibility index (Phi) is 5.44. The molecule has 0 saturated heterocycles. The Morgan fingerprint density at radius 3 is 2.54 bits per heavy atom. The molecule has 0 saturated carbocycles. The van der Waals surface area contributed by atoms with E-state index in [0.29, 0.717) is 16.9 Å². The molecule has 0 N–H and O–H groups in total. The third kappa shape index (κ3) is 4.28. The first kappa shape index (κ1) is 16.9. The molecule has 0 aliphatic heterocycles. The summed E-state index contributed by atoms with van der Waals surface area (Å²) in [6.45, 7) is 6.89. The van der Waals surface area contributed by atoms with Crippen molar-refractivity contribution in [3.8, 4) is 6.07 Å². The quantitative estimate of drug-likeness (QED) is 0.628. The molecule has 24 heavy (non-hydrogen) atoms. The first-order valence-electron chi connectivity index (χ1n) is 7.28. The zero-order valence-electron chi connectivity index (χ0n) is 13.2. The Balaban J connectivity index is 1.98. The number of hydrogen-bond donors (Lipinski definition) is 0. The Morgan fingerprint density at radius 2 is 1.92 bits per heavy atom. The average Bonchev–Trinajstić information content (AvgIpc) is 2.61. The van der Waals surface area contributed by atoms with E-state index in [1.165, 1.54) is 4.90 Å². The van der Waals surface area contributed by atoms with Crippen LogP contribution in [0.2, 0.25) is 0 Å². The molecule has 0 heterocycles. The fourth-order valence-corrected chi connectivity index (χ4v) is 2.19. The summed E-state index contributed by atoms with van der Waals surface area (Å²) >= 11 is 0. The van der Waals surface area contributed by atoms with Crippen LogP contribution in [0, 0.1) is 17.9 Å². The molecule has 5 nitrogen and oxygen atoms in total. The highest BCUT2D eigenvalue weighted by Gasteiger charge is 2.16. The molecule has 0 aliphatic carbocycles. The molecule has 118 valence electrons. The lowest BCUT2D eigenvalue weighted by Gasteiger charge is -2.17. The van der Waals surface area contributed by atoms with Crippen LogP contribution in [0.3, 0.4) is 0 Å². The fraction of sp³-hybridized carbons (Fsp3) is 0.158. The fourth-order valence-electron chi connectivity index (χ4n) is 2.19. The number of hydrogen-bond acceptors (Lipinski definition) is 3. The van der Waals surface area contributed by atoms with Gasteiger partial charge in [-0.3, -0.25) is 9.59 Å². The van der Waals surface area contributed by atoms with Crippen molar-refractivity contribution in [2.75, 3.05) is 11.9 Å². The van der Waals surface area contributed by atoms with Crippen molar-refractivity contribution in [3.05, 3.63) is 71.1 Å². The van der Waals surface area contributed by atoms with Gasteiger partial charge in [-0.1, -0.05) is 30.3 Å². The van der Waals surface area contributed by atoms with Crippen LogP contribution in [0.5, 0.6) is 0 Å². The number of ketones is 1. The highest BCUT2D eigenvalue weighted by molar-refractivity contribution is 6.05. The minimum absolute atomic E-state index is 0.149. The summed E-state index contributed by atoms with van der Waals surface area (Å²) in [5.74, 6) is -0.522. The van der Waals surface area contributed by atoms with Crippen molar-refractivity contribution >= 4 is 23.1 Å². The molecule has 2 aromatic rings. The van der Waals surface area contributed by atoms with Crippen molar-refractivity contribution in [1.29, 1.82) is 5.26 Å². The second kappa shape index (κ2) is 7.71. The van der Waals surface area contributed by atoms with E-state index in [2.05, 4.69) is 4.85 Å². The molecular formula is C19H15N3O2. The van der Waals surface area contributed by atoms with Crippen LogP contribution < -0.4 is 4.90 Å². The lowest BCUT2D eigenvalue weighted by molar-refractivity contribution is -0.126. The summed E-state index contributed by atoms with van der Waals surface area (Å²) < 4.78 is 0. The van der Waals surface area contributed by atoms with Gasteiger partial charge < -0.3 is 4.90 Å². The Morgan fingerprint density at radius 1 is 1.21 bits per heavy atom. The molecule has 0 radical (unpaired) electrons. The molecule has 0 aliphatic rings. The molecule has 2 aromatic carbocycles. The van der Waals surface area contributed by atoms with Crippen LogP contribution in [0.25, 0.3) is 4.85 Å². The van der Waals surface area contributed by atoms with Crippen LogP contribution in [0.4, 0.5) is 11.4 Å². The van der Waals surface area contributed by atoms with Crippen LogP contribution in [-0.2, 0) is 16.0 Å². The van der Waals surface area contributed by atoms with Gasteiger partial charge in [-0.25, -0.2) is 4.85 Å². The molecule has 0 atom stereocenters. The predicted molar refractivity (Wildman–Crippen MR) is 90.6 cm³/mol. The standard InChI is InChI=1S/C19H15N3O2/c1-21-16-8-6-14(7-9-16)11-18(23)12-19(24)22(2)17-5-3-4-15(10-17)13-20/h3-10H,11-12H2,2H3. The zero-order chi connectivity index (χ0) is 17.5. The van der Waals surface area contributed by atoms with E-state index >= 15 is 0 Å². The SMILES string of the molecule is [C-]#[N+]c1ccc(CC(=O)CC(=O)N(C)c2cccc(C#N)c2)cc1. The van der Waals surface area contributed by atoms with E-state index in [4.69, 9.17) is 11.8 Å². The molecular weight excluding hydrogens is 302 g/mol. The molecule has 0 aromatic heterocycles. The maximum Gasteiger partial charge on any atom is 0.234 e. The van der Waals surface area contributed by atoms with Crippen LogP contribution in [-0.4, -0.2) is 18.7 Å². The van der Waals surface area contributed by atoms with E-state index < -0.39 is 0 Å². The van der Waals surface area contributed by atoms with Gasteiger partial charge in [0.2, 0.25) is 5.91 Å². The van der Waals surface area contributed by atoms with E-state index in [0.717, 1.165) is 5.56 Å². The number of rotatable bonds is 5. The second-order valence-corrected chi connectivity index (χ2v) is 5.29. The van der Waals surface area contributed by atoms with Crippen molar-refractivity contribution in [1.82, 2.24) is 0 Å². The Labute approximate surface area is 140 Å². The maximum absolute atomic E-state index is 12.2. The number of Topliss-reactive ketones (excluding diaryl/α,β-unsaturated/α-hetero) is 1. The monoisotopic (exact) mass is 317 g/mol. The van der Waals surface area contributed by atoms with Crippen molar-refractivity contribution in [2.45, 2.75) is 12.8 Å². The minimum Gasteiger partial charge on any atom is -0.315 e. The van der Waals surface area contributed by atoms with Crippen LogP contribution >= 0.6 is 0 Å². The van der Waals surface area contributed by atoms with Gasteiger partial charge >= 0.3 is 0 Å². The molecule has 2 rings (SSSR count). The van der Waals surface area contributed by atoms with E-state index in [1.54, 1.807) is 55.6 Å². The van der Waals surface area contributed by atoms with Crippen LogP contribution in [0.1, 0.15) is 17.5 Å². The maximum atomic E-state index is 12.2. The van der Waals surface area contributed by atoms with Gasteiger partial charge in [0.25, 0.3) is 0 Å². The van der Waals surface area contributed by atoms with Crippen molar-refractivity contribution < 1.29 is 9.59 Å². The summed E-state index contributed by atoms with van der Waals surface area (Å²) in [6.07, 6.45) is -0.0616. The number of anilines is 1. The Hall–Kier alpha value is -3.44. The zero-order valence-corrected chi connectivity index (χ0v) is 13.2. The van der Waals surface area contributed by atoms with Gasteiger partial charge in [-0.2, -0.15) is 5.26 Å². The summed E-state index contributed by atoms with van der Waals surface area (Å²) in [5.41, 5.74) is 2.32. The first-order chi connectivity index (χ1) is 11.5. The molecule has 0 bridgehead atoms. The molecule has 0 unspecified atom stereocenters. The van der Waals surface area contributed by atoms with Gasteiger partial charge in [0.05, 0.1) is 24.6 Å². The molecule has 1 amide bonds. The average molecular weight is 317 g/mol. The number of carbonyl (C=O) groups is 2. The highest BCUT2D eigenvalue weighted by atomic mass is 16.2. The summed E-state index contributed by atoms with van der Waals surface area (Å²) in [6, 6.07) is 15.4. The lowest BCUT2D eigenvalue weighted by atomic mass is 10.1. The number of benzene rings is 2. The molecule has 5 heteroatoms. The number of nitrogens with zero attached hydrogens (tertiary/aromatic N) is 3. The normalized spacial score (nSPS) is 9.62. The van der Waals surface area contributed by atoms with Gasteiger partial charge in [-0.05, 0) is 23.8 Å². The predicted octanol–water partition coefficient (Wildman–Crippen LogP) is 3.27. The second-order valence-electron chi connectivity index (χ2n) is 5.29. The summed E-state index contributed by atoms with van der Waals surface area (Å²) in [5, 5.41) is 8.90. The van der Waals surface area contributed by atoms with Crippen molar-refractivity contribution in [3.63, 3.8) is 0 Å². The molecule has 0 fully saturated rings. The summed E-state index contributed by atoms with van der Waals surface area (Å²) in [7, 11) is 1.58. The number of carbonyl (C=O) groups excluding carboxylic acids is 2. The van der Waals surface area contributed by atoms with E-state index in [9.17, 15) is 9.59 Å². The van der Waals surface area contributed by atoms with Crippen molar-refractivity contribution in [2.24, 2.45) is 0 Å². The number of nitriles is 1. The van der Waals surface area contributed by atoms with Gasteiger partial charge in [0, 0.05) is 19.2 Å². The lowest BCUT2D eigenvalue weighted by Crippen LogP contribution is -2.28. The third-order valence-corrected chi connectivity index (χ3v) is 3.55. The molecule has 0 spiro atoms. The van der Waals surface area contributed by atoms with E-state index in [-0.39, 0.29) is 24.5 Å². The minimum atomic E-state index is -0.326. The summed E-state index contributed by atoms with van der Waals surface area (Å²) in [4.78, 5) is 29.0. The van der Waals surface area contributed by atoms with Crippen LogP contribution in [0.15, 0.2) is 48.5 Å². The largest absolute Gasteiger partial charge is 0.315 e. The van der Waals surface area contributed by atoms with Gasteiger partial charge in [0.15, 0.2) is 5.69 Å².